The van der Waals surface area contributed by atoms with Crippen molar-refractivity contribution in [1.82, 2.24) is 9.55 Å². The summed E-state index contributed by atoms with van der Waals surface area (Å²) in [7, 11) is 0. The predicted molar refractivity (Wildman–Crippen MR) is 69.1 cm³/mol. The number of benzene rings is 1. The Bertz CT molecular complexity index is 607. The van der Waals surface area contributed by atoms with Crippen molar-refractivity contribution in [1.29, 1.82) is 0 Å². The predicted octanol–water partition coefficient (Wildman–Crippen LogP) is 3.39. The third-order valence-corrected chi connectivity index (χ3v) is 3.26. The Labute approximate surface area is 106 Å². The second-order valence-corrected chi connectivity index (χ2v) is 4.98. The van der Waals surface area contributed by atoms with Crippen LogP contribution in [0.25, 0.3) is 10.9 Å². The highest BCUT2D eigenvalue weighted by atomic mass is 79.9. The van der Waals surface area contributed by atoms with Crippen LogP contribution in [-0.4, -0.2) is 9.55 Å². The van der Waals surface area contributed by atoms with Gasteiger partial charge < -0.3 is 0 Å². The number of fused-ring (bicyclic) bond motifs is 1. The van der Waals surface area contributed by atoms with Gasteiger partial charge in [-0.2, -0.15) is 0 Å². The summed E-state index contributed by atoms with van der Waals surface area (Å²) >= 11 is 9.36. The van der Waals surface area contributed by atoms with E-state index in [1.54, 1.807) is 6.07 Å². The highest BCUT2D eigenvalue weighted by molar-refractivity contribution is 9.10. The van der Waals surface area contributed by atoms with Gasteiger partial charge >= 0.3 is 0 Å². The van der Waals surface area contributed by atoms with Crippen LogP contribution in [0.4, 0.5) is 0 Å². The van der Waals surface area contributed by atoms with Crippen LogP contribution in [0.15, 0.2) is 27.5 Å². The summed E-state index contributed by atoms with van der Waals surface area (Å²) in [5.41, 5.74) is 0.501. The van der Waals surface area contributed by atoms with Gasteiger partial charge in [-0.25, -0.2) is 4.98 Å². The molecule has 0 aliphatic rings. The highest BCUT2D eigenvalue weighted by Crippen LogP contribution is 2.22. The molecule has 5 heteroatoms. The van der Waals surface area contributed by atoms with Gasteiger partial charge in [-0.05, 0) is 53.5 Å². The molecule has 0 atom stereocenters. The van der Waals surface area contributed by atoms with Gasteiger partial charge in [-0.15, -0.1) is 0 Å². The first-order chi connectivity index (χ1) is 7.52. The molecule has 16 heavy (non-hydrogen) atoms. The minimum atomic E-state index is -0.105. The van der Waals surface area contributed by atoms with E-state index < -0.39 is 0 Å². The minimum Gasteiger partial charge on any atom is -0.280 e. The Kier molecular flexibility index (Phi) is 3.04. The van der Waals surface area contributed by atoms with Crippen LogP contribution in [0.2, 0.25) is 5.28 Å². The molecule has 3 nitrogen and oxygen atoms in total. The van der Waals surface area contributed by atoms with E-state index in [2.05, 4.69) is 20.9 Å². The van der Waals surface area contributed by atoms with Crippen molar-refractivity contribution in [3.05, 3.63) is 38.3 Å². The molecule has 2 rings (SSSR count). The van der Waals surface area contributed by atoms with Crippen molar-refractivity contribution in [2.75, 3.05) is 0 Å². The molecule has 0 aliphatic heterocycles. The zero-order valence-electron chi connectivity index (χ0n) is 8.87. The molecule has 0 saturated heterocycles. The molecule has 0 bridgehead atoms. The van der Waals surface area contributed by atoms with Gasteiger partial charge in [0.25, 0.3) is 5.56 Å². The summed E-state index contributed by atoms with van der Waals surface area (Å²) in [6, 6.07) is 5.40. The monoisotopic (exact) mass is 300 g/mol. The first kappa shape index (κ1) is 11.6. The topological polar surface area (TPSA) is 34.9 Å². The van der Waals surface area contributed by atoms with Gasteiger partial charge in [0, 0.05) is 10.5 Å². The molecule has 0 aliphatic carbocycles. The highest BCUT2D eigenvalue weighted by Gasteiger charge is 2.12. The van der Waals surface area contributed by atoms with Gasteiger partial charge in [-0.1, -0.05) is 6.07 Å². The molecule has 1 aromatic carbocycles. The van der Waals surface area contributed by atoms with Gasteiger partial charge in [-0.3, -0.25) is 9.36 Å². The minimum absolute atomic E-state index is 0.00381. The third kappa shape index (κ3) is 1.76. The Balaban J connectivity index is 2.95. The molecular weight excluding hydrogens is 291 g/mol. The van der Waals surface area contributed by atoms with E-state index in [1.165, 1.54) is 4.57 Å². The van der Waals surface area contributed by atoms with E-state index in [0.29, 0.717) is 10.9 Å². The molecule has 1 aromatic heterocycles. The maximum atomic E-state index is 12.2. The van der Waals surface area contributed by atoms with Crippen LogP contribution >= 0.6 is 27.5 Å². The normalized spacial score (nSPS) is 11.3. The molecular formula is C11H10BrClN2O. The smallest absolute Gasteiger partial charge is 0.262 e. The lowest BCUT2D eigenvalue weighted by Gasteiger charge is -2.12. The molecule has 1 heterocycles. The summed E-state index contributed by atoms with van der Waals surface area (Å²) in [6.07, 6.45) is 0. The van der Waals surface area contributed by atoms with Crippen LogP contribution in [0.5, 0.6) is 0 Å². The second kappa shape index (κ2) is 4.18. The average Bonchev–Trinajstić information content (AvgIpc) is 2.19. The van der Waals surface area contributed by atoms with E-state index in [4.69, 9.17) is 11.6 Å². The average molecular weight is 302 g/mol. The fourth-order valence-electron chi connectivity index (χ4n) is 1.61. The van der Waals surface area contributed by atoms with Crippen LogP contribution < -0.4 is 5.56 Å². The molecule has 0 radical (unpaired) electrons. The summed E-state index contributed by atoms with van der Waals surface area (Å²) in [4.78, 5) is 16.4. The van der Waals surface area contributed by atoms with Crippen molar-refractivity contribution in [2.45, 2.75) is 19.9 Å². The van der Waals surface area contributed by atoms with Crippen LogP contribution in [0.1, 0.15) is 19.9 Å². The second-order valence-electron chi connectivity index (χ2n) is 3.79. The van der Waals surface area contributed by atoms with Gasteiger partial charge in [0.05, 0.1) is 10.9 Å². The molecule has 84 valence electrons. The molecule has 0 spiro atoms. The van der Waals surface area contributed by atoms with Crippen LogP contribution in [0, 0.1) is 0 Å². The zero-order chi connectivity index (χ0) is 11.9. The van der Waals surface area contributed by atoms with E-state index in [9.17, 15) is 4.79 Å². The maximum Gasteiger partial charge on any atom is 0.262 e. The SMILES string of the molecule is CC(C)n1c(Cl)nc2c(Br)cccc2c1=O. The Morgan fingerprint density at radius 1 is 1.44 bits per heavy atom. The fourth-order valence-corrected chi connectivity index (χ4v) is 2.42. The van der Waals surface area contributed by atoms with Crippen LogP contribution in [0.3, 0.4) is 0 Å². The summed E-state index contributed by atoms with van der Waals surface area (Å²) in [5.74, 6) is 0. The number of aromatic nitrogens is 2. The first-order valence-corrected chi connectivity index (χ1v) is 6.05. The lowest BCUT2D eigenvalue weighted by molar-refractivity contribution is 0.574. The van der Waals surface area contributed by atoms with E-state index in [-0.39, 0.29) is 16.9 Å². The van der Waals surface area contributed by atoms with E-state index in [1.807, 2.05) is 26.0 Å². The number of nitrogens with zero attached hydrogens (tertiary/aromatic N) is 2. The summed E-state index contributed by atoms with van der Waals surface area (Å²) in [5, 5.41) is 0.798. The van der Waals surface area contributed by atoms with Crippen LogP contribution in [-0.2, 0) is 0 Å². The third-order valence-electron chi connectivity index (χ3n) is 2.36. The van der Waals surface area contributed by atoms with Gasteiger partial charge in [0.2, 0.25) is 5.28 Å². The Morgan fingerprint density at radius 3 is 2.75 bits per heavy atom. The van der Waals surface area contributed by atoms with Crippen molar-refractivity contribution in [2.24, 2.45) is 0 Å². The summed E-state index contributed by atoms with van der Waals surface area (Å²) < 4.78 is 2.26. The Morgan fingerprint density at radius 2 is 2.12 bits per heavy atom. The number of para-hydroxylation sites is 1. The lowest BCUT2D eigenvalue weighted by atomic mass is 10.2. The molecule has 2 aromatic rings. The molecule has 0 fully saturated rings. The lowest BCUT2D eigenvalue weighted by Crippen LogP contribution is -2.23. The van der Waals surface area contributed by atoms with Crippen molar-refractivity contribution in [3.8, 4) is 0 Å². The molecule has 0 saturated carbocycles. The largest absolute Gasteiger partial charge is 0.280 e. The Hall–Kier alpha value is -0.870. The quantitative estimate of drug-likeness (QED) is 0.757. The summed E-state index contributed by atoms with van der Waals surface area (Å²) in [6.45, 7) is 3.80. The zero-order valence-corrected chi connectivity index (χ0v) is 11.2. The maximum absolute atomic E-state index is 12.2. The van der Waals surface area contributed by atoms with Crippen molar-refractivity contribution < 1.29 is 0 Å². The van der Waals surface area contributed by atoms with Crippen molar-refractivity contribution in [3.63, 3.8) is 0 Å². The van der Waals surface area contributed by atoms with E-state index >= 15 is 0 Å². The van der Waals surface area contributed by atoms with Gasteiger partial charge in [0.1, 0.15) is 0 Å². The number of hydrogen-bond donors (Lipinski definition) is 0. The number of hydrogen-bond acceptors (Lipinski definition) is 2. The van der Waals surface area contributed by atoms with Gasteiger partial charge in [0.15, 0.2) is 0 Å². The molecule has 0 N–H and O–H groups in total. The number of halogens is 2. The molecule has 0 unspecified atom stereocenters. The van der Waals surface area contributed by atoms with Crippen molar-refractivity contribution >= 4 is 38.4 Å². The fraction of sp³-hybridized carbons (Fsp3) is 0.273. The first-order valence-electron chi connectivity index (χ1n) is 4.88. The standard InChI is InChI=1S/C11H10BrClN2O/c1-6(2)15-10(16)7-4-3-5-8(12)9(7)14-11(15)13/h3-6H,1-2H3. The van der Waals surface area contributed by atoms with E-state index in [0.717, 1.165) is 4.47 Å². The number of rotatable bonds is 1. The molecule has 0 amide bonds.